The predicted octanol–water partition coefficient (Wildman–Crippen LogP) is 5.10. The zero-order valence-electron chi connectivity index (χ0n) is 11.3. The van der Waals surface area contributed by atoms with Crippen molar-refractivity contribution in [2.24, 2.45) is 0 Å². The molecule has 0 fully saturated rings. The highest BCUT2D eigenvalue weighted by Crippen LogP contribution is 2.23. The average molecular weight is 310 g/mol. The first-order chi connectivity index (χ1) is 10.3. The fraction of sp³-hybridized carbons (Fsp3) is 0.0588. The van der Waals surface area contributed by atoms with Crippen molar-refractivity contribution in [1.82, 2.24) is 9.97 Å². The molecule has 2 nitrogen and oxygen atoms in total. The Kier molecular flexibility index (Phi) is 4.48. The Morgan fingerprint density at radius 2 is 1.62 bits per heavy atom. The minimum Gasteiger partial charge on any atom is -0.334 e. The Labute approximate surface area is 133 Å². The van der Waals surface area contributed by atoms with E-state index >= 15 is 0 Å². The largest absolute Gasteiger partial charge is 0.334 e. The minimum absolute atomic E-state index is 0.614. The van der Waals surface area contributed by atoms with Gasteiger partial charge in [0.05, 0.1) is 5.69 Å². The van der Waals surface area contributed by atoms with Gasteiger partial charge in [0, 0.05) is 5.75 Å². The molecule has 0 atom stereocenters. The third kappa shape index (κ3) is 3.80. The number of nitrogens with one attached hydrogen (secondary N) is 1. The van der Waals surface area contributed by atoms with Crippen LogP contribution in [-0.2, 0) is 5.75 Å². The molecule has 0 spiro atoms. The maximum absolute atomic E-state index is 5.27. The van der Waals surface area contributed by atoms with E-state index in [0.717, 1.165) is 22.2 Å². The highest BCUT2D eigenvalue weighted by atomic mass is 32.2. The van der Waals surface area contributed by atoms with E-state index in [1.807, 2.05) is 42.5 Å². The van der Waals surface area contributed by atoms with Crippen molar-refractivity contribution in [3.05, 3.63) is 76.9 Å². The summed E-state index contributed by atoms with van der Waals surface area (Å²) < 4.78 is 0.614. The summed E-state index contributed by atoms with van der Waals surface area (Å²) in [4.78, 5) is 7.75. The van der Waals surface area contributed by atoms with Crippen LogP contribution in [0.15, 0.2) is 71.9 Å². The van der Waals surface area contributed by atoms with Gasteiger partial charge >= 0.3 is 0 Å². The molecule has 0 unspecified atom stereocenters. The summed E-state index contributed by atoms with van der Waals surface area (Å²) in [5, 5.41) is 0.852. The van der Waals surface area contributed by atoms with Gasteiger partial charge < -0.3 is 4.98 Å². The van der Waals surface area contributed by atoms with Gasteiger partial charge in [0.1, 0.15) is 4.64 Å². The molecule has 3 aromatic rings. The van der Waals surface area contributed by atoms with Crippen LogP contribution in [0.25, 0.3) is 11.3 Å². The van der Waals surface area contributed by atoms with Crippen LogP contribution in [0.5, 0.6) is 0 Å². The molecule has 21 heavy (non-hydrogen) atoms. The topological polar surface area (TPSA) is 28.7 Å². The first-order valence-corrected chi connectivity index (χ1v) is 8.04. The molecule has 3 rings (SSSR count). The maximum Gasteiger partial charge on any atom is 0.167 e. The number of thioether (sulfide) groups is 1. The summed E-state index contributed by atoms with van der Waals surface area (Å²) in [6.45, 7) is 0. The van der Waals surface area contributed by atoms with Crippen LogP contribution in [0.3, 0.4) is 0 Å². The molecule has 2 aromatic carbocycles. The number of rotatable bonds is 4. The number of aromatic amines is 1. The second kappa shape index (κ2) is 6.70. The number of H-pyrrole nitrogens is 1. The summed E-state index contributed by atoms with van der Waals surface area (Å²) >= 11 is 6.94. The number of hydrogen-bond acceptors (Lipinski definition) is 3. The van der Waals surface area contributed by atoms with Gasteiger partial charge in [-0.05, 0) is 17.2 Å². The van der Waals surface area contributed by atoms with E-state index in [1.54, 1.807) is 11.8 Å². The van der Waals surface area contributed by atoms with Crippen molar-refractivity contribution in [2.75, 3.05) is 0 Å². The monoisotopic (exact) mass is 310 g/mol. The van der Waals surface area contributed by atoms with E-state index < -0.39 is 0 Å². The van der Waals surface area contributed by atoms with Crippen LogP contribution in [0.1, 0.15) is 5.56 Å². The third-order valence-corrected chi connectivity index (χ3v) is 4.18. The Balaban J connectivity index is 1.83. The smallest absolute Gasteiger partial charge is 0.167 e. The zero-order chi connectivity index (χ0) is 14.5. The van der Waals surface area contributed by atoms with E-state index in [1.165, 1.54) is 5.56 Å². The van der Waals surface area contributed by atoms with Crippen molar-refractivity contribution in [3.8, 4) is 11.3 Å². The molecule has 1 heterocycles. The van der Waals surface area contributed by atoms with Gasteiger partial charge in [-0.25, -0.2) is 4.98 Å². The van der Waals surface area contributed by atoms with Gasteiger partial charge in [-0.1, -0.05) is 84.6 Å². The first kappa shape index (κ1) is 14.0. The van der Waals surface area contributed by atoms with E-state index in [9.17, 15) is 0 Å². The Morgan fingerprint density at radius 3 is 2.33 bits per heavy atom. The molecule has 104 valence electrons. The second-order valence-corrected chi connectivity index (χ2v) is 5.96. The molecule has 1 aromatic heterocycles. The molecular weight excluding hydrogens is 296 g/mol. The number of benzene rings is 2. The summed E-state index contributed by atoms with van der Waals surface area (Å²) in [5.41, 5.74) is 3.40. The summed E-state index contributed by atoms with van der Waals surface area (Å²) in [5.74, 6) is 0.872. The fourth-order valence-electron chi connectivity index (χ4n) is 2.00. The molecule has 0 bridgehead atoms. The molecule has 0 saturated heterocycles. The van der Waals surface area contributed by atoms with Gasteiger partial charge in [0.25, 0.3) is 0 Å². The normalized spacial score (nSPS) is 10.5. The van der Waals surface area contributed by atoms with E-state index in [2.05, 4.69) is 34.2 Å². The predicted molar refractivity (Wildman–Crippen MR) is 90.9 cm³/mol. The number of nitrogens with zero attached hydrogens (tertiary/aromatic N) is 1. The summed E-state index contributed by atoms with van der Waals surface area (Å²) in [6, 6.07) is 22.4. The number of aromatic nitrogens is 2. The molecule has 0 aliphatic heterocycles. The Bertz CT molecular complexity index is 768. The van der Waals surface area contributed by atoms with Crippen LogP contribution in [0.4, 0.5) is 0 Å². The van der Waals surface area contributed by atoms with Crippen LogP contribution in [0, 0.1) is 4.64 Å². The van der Waals surface area contributed by atoms with Gasteiger partial charge in [-0.3, -0.25) is 0 Å². The van der Waals surface area contributed by atoms with Gasteiger partial charge in [-0.15, -0.1) is 0 Å². The number of hydrogen-bond donors (Lipinski definition) is 1. The molecule has 1 N–H and O–H groups in total. The standard InChI is InChI=1S/C17H14N2S2/c20-16-11-15(14-9-5-2-6-10-14)18-17(19-16)21-12-13-7-3-1-4-8-13/h1-11H,12H2,(H,18,19,20). The molecule has 0 radical (unpaired) electrons. The van der Waals surface area contributed by atoms with Crippen molar-refractivity contribution in [3.63, 3.8) is 0 Å². The molecule has 0 aliphatic carbocycles. The zero-order valence-corrected chi connectivity index (χ0v) is 13.0. The highest BCUT2D eigenvalue weighted by Gasteiger charge is 2.03. The van der Waals surface area contributed by atoms with Crippen LogP contribution < -0.4 is 0 Å². The van der Waals surface area contributed by atoms with Crippen molar-refractivity contribution >= 4 is 24.0 Å². The summed E-state index contributed by atoms with van der Waals surface area (Å²) in [6.07, 6.45) is 0. The molecule has 0 saturated carbocycles. The van der Waals surface area contributed by atoms with Crippen molar-refractivity contribution < 1.29 is 0 Å². The maximum atomic E-state index is 5.27. The van der Waals surface area contributed by atoms with E-state index in [4.69, 9.17) is 12.2 Å². The third-order valence-electron chi connectivity index (χ3n) is 3.02. The lowest BCUT2D eigenvalue weighted by Crippen LogP contribution is -1.92. The molecule has 0 amide bonds. The van der Waals surface area contributed by atoms with Crippen LogP contribution in [0.2, 0.25) is 0 Å². The van der Waals surface area contributed by atoms with Crippen molar-refractivity contribution in [1.29, 1.82) is 0 Å². The fourth-order valence-corrected chi connectivity index (χ4v) is 3.11. The van der Waals surface area contributed by atoms with E-state index in [-0.39, 0.29) is 0 Å². The Hall–Kier alpha value is -1.91. The molecule has 4 heteroatoms. The highest BCUT2D eigenvalue weighted by molar-refractivity contribution is 7.98. The SMILES string of the molecule is S=c1cc(-c2ccccc2)[nH]c(SCc2ccccc2)n1. The lowest BCUT2D eigenvalue weighted by atomic mass is 10.1. The Morgan fingerprint density at radius 1 is 0.952 bits per heavy atom. The quantitative estimate of drug-likeness (QED) is 0.413. The second-order valence-electron chi connectivity index (χ2n) is 4.58. The minimum atomic E-state index is 0.614. The molecular formula is C17H14N2S2. The lowest BCUT2D eigenvalue weighted by molar-refractivity contribution is 0.961. The van der Waals surface area contributed by atoms with Crippen LogP contribution in [-0.4, -0.2) is 9.97 Å². The summed E-state index contributed by atoms with van der Waals surface area (Å²) in [7, 11) is 0. The van der Waals surface area contributed by atoms with E-state index in [0.29, 0.717) is 4.64 Å². The van der Waals surface area contributed by atoms with Gasteiger partial charge in [0.15, 0.2) is 5.16 Å². The first-order valence-electron chi connectivity index (χ1n) is 6.65. The average Bonchev–Trinajstić information content (AvgIpc) is 2.54. The van der Waals surface area contributed by atoms with Crippen molar-refractivity contribution in [2.45, 2.75) is 10.9 Å². The lowest BCUT2D eigenvalue weighted by Gasteiger charge is -2.06. The van der Waals surface area contributed by atoms with Gasteiger partial charge in [0.2, 0.25) is 0 Å². The van der Waals surface area contributed by atoms with Crippen LogP contribution >= 0.6 is 24.0 Å². The molecule has 0 aliphatic rings. The van der Waals surface area contributed by atoms with Gasteiger partial charge in [-0.2, -0.15) is 0 Å².